The number of hydrogen-bond acceptors (Lipinski definition) is 3. The monoisotopic (exact) mass is 233 g/mol. The topological polar surface area (TPSA) is 21.3 Å². The Hall–Kier alpha value is 0.270. The molecule has 2 nitrogen and oxygen atoms in total. The summed E-state index contributed by atoms with van der Waals surface area (Å²) in [5.74, 6) is 2.16. The van der Waals surface area contributed by atoms with E-state index in [1.807, 2.05) is 11.8 Å². The molecule has 0 saturated carbocycles. The lowest BCUT2D eigenvalue weighted by atomic mass is 9.98. The van der Waals surface area contributed by atoms with Gasteiger partial charge in [0, 0.05) is 13.7 Å². The first-order valence-electron chi connectivity index (χ1n) is 6.03. The number of methoxy groups -OCH3 is 1. The average molecular weight is 233 g/mol. The van der Waals surface area contributed by atoms with Gasteiger partial charge < -0.3 is 10.1 Å². The molecule has 0 fully saturated rings. The number of ether oxygens (including phenoxy) is 1. The molecule has 0 amide bonds. The van der Waals surface area contributed by atoms with Crippen molar-refractivity contribution in [2.45, 2.75) is 32.6 Å². The minimum absolute atomic E-state index is 0.823. The number of rotatable bonds is 11. The van der Waals surface area contributed by atoms with E-state index in [-0.39, 0.29) is 0 Å². The van der Waals surface area contributed by atoms with Crippen LogP contribution in [0.1, 0.15) is 32.6 Å². The highest BCUT2D eigenvalue weighted by Crippen LogP contribution is 2.14. The highest BCUT2D eigenvalue weighted by Gasteiger charge is 2.06. The van der Waals surface area contributed by atoms with Crippen molar-refractivity contribution in [1.29, 1.82) is 0 Å². The third-order valence-corrected chi connectivity index (χ3v) is 3.27. The lowest BCUT2D eigenvalue weighted by Gasteiger charge is -2.16. The van der Waals surface area contributed by atoms with E-state index in [0.29, 0.717) is 0 Å². The SMILES string of the molecule is CCCC(CCCSC)CNCCOC. The molecule has 0 aromatic rings. The Morgan fingerprint density at radius 1 is 1.33 bits per heavy atom. The normalized spacial score (nSPS) is 13.0. The van der Waals surface area contributed by atoms with Gasteiger partial charge in [-0.15, -0.1) is 0 Å². The largest absolute Gasteiger partial charge is 0.383 e. The lowest BCUT2D eigenvalue weighted by molar-refractivity contribution is 0.197. The molecule has 1 unspecified atom stereocenters. The van der Waals surface area contributed by atoms with Crippen molar-refractivity contribution >= 4 is 11.8 Å². The van der Waals surface area contributed by atoms with Gasteiger partial charge in [-0.2, -0.15) is 11.8 Å². The summed E-state index contributed by atoms with van der Waals surface area (Å²) in [6.07, 6.45) is 7.57. The van der Waals surface area contributed by atoms with Gasteiger partial charge in [0.05, 0.1) is 6.61 Å². The molecule has 92 valence electrons. The smallest absolute Gasteiger partial charge is 0.0587 e. The molecule has 0 saturated heterocycles. The molecule has 0 aliphatic carbocycles. The van der Waals surface area contributed by atoms with Gasteiger partial charge in [0.2, 0.25) is 0 Å². The van der Waals surface area contributed by atoms with Crippen molar-refractivity contribution < 1.29 is 4.74 Å². The minimum Gasteiger partial charge on any atom is -0.383 e. The molecule has 0 rings (SSSR count). The Balaban J connectivity index is 3.44. The van der Waals surface area contributed by atoms with Gasteiger partial charge in [0.1, 0.15) is 0 Å². The molecule has 1 N–H and O–H groups in total. The summed E-state index contributed by atoms with van der Waals surface area (Å²) in [4.78, 5) is 0. The summed E-state index contributed by atoms with van der Waals surface area (Å²) in [6, 6.07) is 0. The quantitative estimate of drug-likeness (QED) is 0.555. The van der Waals surface area contributed by atoms with Crippen LogP contribution in [0.2, 0.25) is 0 Å². The zero-order valence-electron chi connectivity index (χ0n) is 10.6. The van der Waals surface area contributed by atoms with Gasteiger partial charge in [-0.1, -0.05) is 13.3 Å². The summed E-state index contributed by atoms with van der Waals surface area (Å²) in [5.41, 5.74) is 0. The highest BCUT2D eigenvalue weighted by atomic mass is 32.2. The molecule has 0 aromatic heterocycles. The minimum atomic E-state index is 0.823. The van der Waals surface area contributed by atoms with Crippen LogP contribution >= 0.6 is 11.8 Å². The van der Waals surface area contributed by atoms with Crippen molar-refractivity contribution in [3.63, 3.8) is 0 Å². The van der Waals surface area contributed by atoms with Gasteiger partial charge in [0.25, 0.3) is 0 Å². The van der Waals surface area contributed by atoms with Crippen LogP contribution in [0.4, 0.5) is 0 Å². The van der Waals surface area contributed by atoms with Crippen LogP contribution in [0.3, 0.4) is 0 Å². The Labute approximate surface area is 99.5 Å². The van der Waals surface area contributed by atoms with E-state index in [4.69, 9.17) is 4.74 Å². The summed E-state index contributed by atoms with van der Waals surface area (Å²) >= 11 is 1.95. The van der Waals surface area contributed by atoms with Gasteiger partial charge in [-0.25, -0.2) is 0 Å². The van der Waals surface area contributed by atoms with Crippen molar-refractivity contribution in [3.05, 3.63) is 0 Å². The Morgan fingerprint density at radius 2 is 2.13 bits per heavy atom. The van der Waals surface area contributed by atoms with Crippen molar-refractivity contribution in [2.75, 3.05) is 38.8 Å². The molecule has 0 aliphatic rings. The van der Waals surface area contributed by atoms with E-state index < -0.39 is 0 Å². The second-order valence-electron chi connectivity index (χ2n) is 3.99. The standard InChI is InChI=1S/C12H27NOS/c1-4-6-12(7-5-10-15-3)11-13-8-9-14-2/h12-13H,4-11H2,1-3H3. The maximum atomic E-state index is 5.02. The first-order valence-corrected chi connectivity index (χ1v) is 7.43. The Morgan fingerprint density at radius 3 is 2.73 bits per heavy atom. The van der Waals surface area contributed by atoms with Crippen molar-refractivity contribution in [3.8, 4) is 0 Å². The van der Waals surface area contributed by atoms with Crippen LogP contribution in [-0.4, -0.2) is 38.8 Å². The third kappa shape index (κ3) is 10.6. The first kappa shape index (κ1) is 15.3. The number of thioether (sulfide) groups is 1. The number of nitrogens with one attached hydrogen (secondary N) is 1. The molecule has 15 heavy (non-hydrogen) atoms. The fraction of sp³-hybridized carbons (Fsp3) is 1.00. The molecule has 0 spiro atoms. The molecule has 1 atom stereocenters. The number of hydrogen-bond donors (Lipinski definition) is 1. The van der Waals surface area contributed by atoms with Crippen molar-refractivity contribution in [1.82, 2.24) is 5.32 Å². The van der Waals surface area contributed by atoms with Crippen LogP contribution < -0.4 is 5.32 Å². The molecular formula is C12H27NOS. The molecule has 3 heteroatoms. The molecule has 0 aromatic carbocycles. The van der Waals surface area contributed by atoms with Gasteiger partial charge >= 0.3 is 0 Å². The van der Waals surface area contributed by atoms with E-state index in [1.54, 1.807) is 7.11 Å². The predicted octanol–water partition coefficient (Wildman–Crippen LogP) is 2.78. The van der Waals surface area contributed by atoms with Crippen LogP contribution in [0.5, 0.6) is 0 Å². The van der Waals surface area contributed by atoms with Gasteiger partial charge in [-0.05, 0) is 43.7 Å². The molecular weight excluding hydrogens is 206 g/mol. The Kier molecular flexibility index (Phi) is 12.6. The van der Waals surface area contributed by atoms with E-state index >= 15 is 0 Å². The summed E-state index contributed by atoms with van der Waals surface area (Å²) in [5, 5.41) is 3.47. The molecule has 0 heterocycles. The average Bonchev–Trinajstić information content (AvgIpc) is 2.24. The lowest BCUT2D eigenvalue weighted by Crippen LogP contribution is -2.26. The van der Waals surface area contributed by atoms with E-state index in [9.17, 15) is 0 Å². The fourth-order valence-electron chi connectivity index (χ4n) is 1.75. The summed E-state index contributed by atoms with van der Waals surface area (Å²) in [7, 11) is 1.75. The van der Waals surface area contributed by atoms with Crippen LogP contribution in [-0.2, 0) is 4.74 Å². The molecule has 0 aliphatic heterocycles. The first-order chi connectivity index (χ1) is 7.35. The molecule has 0 bridgehead atoms. The maximum absolute atomic E-state index is 5.02. The Bertz CT molecular complexity index is 122. The zero-order chi connectivity index (χ0) is 11.4. The second kappa shape index (κ2) is 12.3. The van der Waals surface area contributed by atoms with Crippen LogP contribution in [0.25, 0.3) is 0 Å². The van der Waals surface area contributed by atoms with Crippen LogP contribution in [0, 0.1) is 5.92 Å². The molecule has 0 radical (unpaired) electrons. The summed E-state index contributed by atoms with van der Waals surface area (Å²) < 4.78 is 5.02. The van der Waals surface area contributed by atoms with E-state index in [1.165, 1.54) is 31.4 Å². The van der Waals surface area contributed by atoms with Crippen LogP contribution in [0.15, 0.2) is 0 Å². The van der Waals surface area contributed by atoms with Crippen molar-refractivity contribution in [2.24, 2.45) is 5.92 Å². The summed E-state index contributed by atoms with van der Waals surface area (Å²) in [6.45, 7) is 5.24. The van der Waals surface area contributed by atoms with Gasteiger partial charge in [-0.3, -0.25) is 0 Å². The second-order valence-corrected chi connectivity index (χ2v) is 4.97. The zero-order valence-corrected chi connectivity index (χ0v) is 11.4. The van der Waals surface area contributed by atoms with Gasteiger partial charge in [0.15, 0.2) is 0 Å². The highest BCUT2D eigenvalue weighted by molar-refractivity contribution is 7.98. The maximum Gasteiger partial charge on any atom is 0.0587 e. The van der Waals surface area contributed by atoms with E-state index in [2.05, 4.69) is 18.5 Å². The third-order valence-electron chi connectivity index (χ3n) is 2.57. The predicted molar refractivity (Wildman–Crippen MR) is 70.8 cm³/mol. The fourth-order valence-corrected chi connectivity index (χ4v) is 2.21. The van der Waals surface area contributed by atoms with E-state index in [0.717, 1.165) is 25.6 Å².